The molecule has 0 radical (unpaired) electrons. The number of aliphatic hydroxyl groups excluding tert-OH is 1. The van der Waals surface area contributed by atoms with Gasteiger partial charge in [-0.3, -0.25) is 9.59 Å². The lowest BCUT2D eigenvalue weighted by molar-refractivity contribution is -0.147. The van der Waals surface area contributed by atoms with Gasteiger partial charge in [-0.2, -0.15) is 0 Å². The van der Waals surface area contributed by atoms with Crippen LogP contribution in [-0.2, 0) is 30.6 Å². The molecule has 1 atom stereocenters. The number of carbonyl (C=O) groups excluding carboxylic acids is 2. The molecule has 0 fully saturated rings. The second-order valence-corrected chi connectivity index (χ2v) is 8.99. The summed E-state index contributed by atoms with van der Waals surface area (Å²) in [5.41, 5.74) is 0.809. The third kappa shape index (κ3) is 5.81. The Morgan fingerprint density at radius 2 is 1.85 bits per heavy atom. The summed E-state index contributed by atoms with van der Waals surface area (Å²) in [6.45, 7) is 4.05. The average Bonchev–Trinajstić information content (AvgIpc) is 2.59. The summed E-state index contributed by atoms with van der Waals surface area (Å²) in [5, 5.41) is 11.2. The van der Waals surface area contributed by atoms with Gasteiger partial charge in [0, 0.05) is 6.54 Å². The molecule has 0 spiro atoms. The topological polar surface area (TPSA) is 110 Å². The maximum Gasteiger partial charge on any atom is 0.310 e. The van der Waals surface area contributed by atoms with Crippen molar-refractivity contribution < 1.29 is 27.9 Å². The van der Waals surface area contributed by atoms with Crippen LogP contribution in [0.15, 0.2) is 30.3 Å². The van der Waals surface area contributed by atoms with Gasteiger partial charge in [-0.25, -0.2) is 8.42 Å². The van der Waals surface area contributed by atoms with Gasteiger partial charge in [0.15, 0.2) is 9.84 Å². The number of hydrogen-bond acceptors (Lipinski definition) is 6. The molecular weight excluding hydrogens is 358 g/mol. The third-order valence-corrected chi connectivity index (χ3v) is 6.67. The van der Waals surface area contributed by atoms with Crippen LogP contribution in [0.25, 0.3) is 0 Å². The molecule has 1 amide bonds. The molecule has 1 rings (SSSR count). The molecule has 0 aromatic heterocycles. The molecule has 0 saturated heterocycles. The van der Waals surface area contributed by atoms with Crippen molar-refractivity contribution in [1.29, 1.82) is 0 Å². The molecule has 146 valence electrons. The number of sulfone groups is 1. The first kappa shape index (κ1) is 22.1. The number of aliphatic hydroxyl groups is 1. The monoisotopic (exact) mass is 385 g/mol. The summed E-state index contributed by atoms with van der Waals surface area (Å²) in [7, 11) is -3.97. The van der Waals surface area contributed by atoms with Crippen LogP contribution in [0.3, 0.4) is 0 Å². The van der Waals surface area contributed by atoms with Gasteiger partial charge >= 0.3 is 5.97 Å². The lowest BCUT2D eigenvalue weighted by atomic mass is 10.0. The highest BCUT2D eigenvalue weighted by molar-refractivity contribution is 7.93. The van der Waals surface area contributed by atoms with E-state index in [0.29, 0.717) is 0 Å². The molecule has 2 N–H and O–H groups in total. The normalized spacial score (nSPS) is 13.1. The Morgan fingerprint density at radius 3 is 2.38 bits per heavy atom. The van der Waals surface area contributed by atoms with E-state index in [9.17, 15) is 18.0 Å². The van der Waals surface area contributed by atoms with Crippen LogP contribution in [0.5, 0.6) is 0 Å². The van der Waals surface area contributed by atoms with E-state index in [-0.39, 0.29) is 26.2 Å². The molecule has 8 heteroatoms. The van der Waals surface area contributed by atoms with Gasteiger partial charge in [0.05, 0.1) is 24.9 Å². The first-order chi connectivity index (χ1) is 12.2. The van der Waals surface area contributed by atoms with Crippen LogP contribution >= 0.6 is 0 Å². The average molecular weight is 385 g/mol. The van der Waals surface area contributed by atoms with Crippen molar-refractivity contribution in [2.45, 2.75) is 31.9 Å². The predicted molar refractivity (Wildman–Crippen MR) is 98.2 cm³/mol. The maximum absolute atomic E-state index is 12.8. The van der Waals surface area contributed by atoms with Gasteiger partial charge in [0.1, 0.15) is 4.75 Å². The van der Waals surface area contributed by atoms with E-state index in [4.69, 9.17) is 9.84 Å². The SMILES string of the molecule is CCOC(=O)[C@@H](Cc1ccccc1)CS(=O)(=O)C(C)(C)C(=O)NCCO. The molecule has 0 aliphatic heterocycles. The Hall–Kier alpha value is -1.93. The summed E-state index contributed by atoms with van der Waals surface area (Å²) < 4.78 is 29.0. The van der Waals surface area contributed by atoms with Gasteiger partial charge in [-0.15, -0.1) is 0 Å². The predicted octanol–water partition coefficient (Wildman–Crippen LogP) is 0.710. The summed E-state index contributed by atoms with van der Waals surface area (Å²) >= 11 is 0. The van der Waals surface area contributed by atoms with Crippen molar-refractivity contribution in [3.8, 4) is 0 Å². The smallest absolute Gasteiger partial charge is 0.310 e. The number of esters is 1. The van der Waals surface area contributed by atoms with Crippen molar-refractivity contribution in [2.75, 3.05) is 25.5 Å². The van der Waals surface area contributed by atoms with E-state index in [2.05, 4.69) is 5.32 Å². The number of carbonyl (C=O) groups is 2. The first-order valence-electron chi connectivity index (χ1n) is 8.47. The van der Waals surface area contributed by atoms with E-state index in [1.165, 1.54) is 13.8 Å². The fraction of sp³-hybridized carbons (Fsp3) is 0.556. The van der Waals surface area contributed by atoms with Gasteiger partial charge in [0.2, 0.25) is 5.91 Å². The number of hydrogen-bond donors (Lipinski definition) is 2. The maximum atomic E-state index is 12.8. The molecular formula is C18H27NO6S. The first-order valence-corrected chi connectivity index (χ1v) is 10.1. The Bertz CT molecular complexity index is 700. The molecule has 0 unspecified atom stereocenters. The summed E-state index contributed by atoms with van der Waals surface area (Å²) in [6.07, 6.45) is 0.202. The van der Waals surface area contributed by atoms with Crippen molar-refractivity contribution in [3.05, 3.63) is 35.9 Å². The minimum atomic E-state index is -3.97. The standard InChI is InChI=1S/C18H27NO6S/c1-4-25-16(21)15(12-14-8-6-5-7-9-14)13-26(23,24)18(2,3)17(22)19-10-11-20/h5-9,15,20H,4,10-13H2,1-3H3,(H,19,22)/t15-/m0/s1. The van der Waals surface area contributed by atoms with Crippen LogP contribution < -0.4 is 5.32 Å². The molecule has 1 aromatic carbocycles. The quantitative estimate of drug-likeness (QED) is 0.574. The minimum absolute atomic E-state index is 0.0386. The number of nitrogens with one attached hydrogen (secondary N) is 1. The summed E-state index contributed by atoms with van der Waals surface area (Å²) in [5.74, 6) is -2.73. The molecule has 0 aliphatic carbocycles. The Labute approximate surface area is 154 Å². The Morgan fingerprint density at radius 1 is 1.23 bits per heavy atom. The minimum Gasteiger partial charge on any atom is -0.466 e. The summed E-state index contributed by atoms with van der Waals surface area (Å²) in [4.78, 5) is 24.5. The van der Waals surface area contributed by atoms with Crippen LogP contribution in [0.2, 0.25) is 0 Å². The third-order valence-electron chi connectivity index (χ3n) is 4.09. The second kappa shape index (κ2) is 9.68. The zero-order valence-corrected chi connectivity index (χ0v) is 16.2. The van der Waals surface area contributed by atoms with E-state index < -0.39 is 38.1 Å². The summed E-state index contributed by atoms with van der Waals surface area (Å²) in [6, 6.07) is 9.04. The van der Waals surface area contributed by atoms with Gasteiger partial charge < -0.3 is 15.2 Å². The number of benzene rings is 1. The van der Waals surface area contributed by atoms with Crippen LogP contribution in [0, 0.1) is 5.92 Å². The van der Waals surface area contributed by atoms with Crippen molar-refractivity contribution in [2.24, 2.45) is 5.92 Å². The van der Waals surface area contributed by atoms with Gasteiger partial charge in [0.25, 0.3) is 0 Å². The van der Waals surface area contributed by atoms with E-state index in [0.717, 1.165) is 5.56 Å². The lowest BCUT2D eigenvalue weighted by Crippen LogP contribution is -2.50. The molecule has 7 nitrogen and oxygen atoms in total. The fourth-order valence-electron chi connectivity index (χ4n) is 2.37. The van der Waals surface area contributed by atoms with Crippen LogP contribution in [-0.4, -0.2) is 55.7 Å². The molecule has 0 bridgehead atoms. The molecule has 0 heterocycles. The second-order valence-electron chi connectivity index (χ2n) is 6.41. The molecule has 0 saturated carbocycles. The highest BCUT2D eigenvalue weighted by Crippen LogP contribution is 2.23. The molecule has 26 heavy (non-hydrogen) atoms. The molecule has 0 aliphatic rings. The zero-order valence-electron chi connectivity index (χ0n) is 15.4. The van der Waals surface area contributed by atoms with E-state index in [1.807, 2.05) is 6.07 Å². The zero-order chi connectivity index (χ0) is 19.8. The van der Waals surface area contributed by atoms with Gasteiger partial charge in [-0.1, -0.05) is 30.3 Å². The Balaban J connectivity index is 3.03. The van der Waals surface area contributed by atoms with Crippen LogP contribution in [0.4, 0.5) is 0 Å². The van der Waals surface area contributed by atoms with Crippen molar-refractivity contribution in [1.82, 2.24) is 5.32 Å². The van der Waals surface area contributed by atoms with Gasteiger partial charge in [-0.05, 0) is 32.8 Å². The highest BCUT2D eigenvalue weighted by Gasteiger charge is 2.43. The highest BCUT2D eigenvalue weighted by atomic mass is 32.2. The Kier molecular flexibility index (Phi) is 8.23. The largest absolute Gasteiger partial charge is 0.466 e. The number of ether oxygens (including phenoxy) is 1. The lowest BCUT2D eigenvalue weighted by Gasteiger charge is -2.26. The van der Waals surface area contributed by atoms with Crippen molar-refractivity contribution in [3.63, 3.8) is 0 Å². The van der Waals surface area contributed by atoms with Crippen LogP contribution in [0.1, 0.15) is 26.3 Å². The number of rotatable bonds is 10. The number of amides is 1. The molecule has 1 aromatic rings. The van der Waals surface area contributed by atoms with E-state index in [1.54, 1.807) is 31.2 Å². The fourth-order valence-corrected chi connectivity index (χ4v) is 3.92. The van der Waals surface area contributed by atoms with E-state index >= 15 is 0 Å². The van der Waals surface area contributed by atoms with Crippen molar-refractivity contribution >= 4 is 21.7 Å².